The van der Waals surface area contributed by atoms with Gasteiger partial charge in [0.1, 0.15) is 0 Å². The fourth-order valence-corrected chi connectivity index (χ4v) is 3.58. The number of imidazole rings is 1. The zero-order chi connectivity index (χ0) is 14.8. The normalized spacial score (nSPS) is 19.0. The Bertz CT molecular complexity index is 635. The second kappa shape index (κ2) is 5.85. The van der Waals surface area contributed by atoms with Gasteiger partial charge in [0.05, 0.1) is 18.5 Å². The molecule has 1 amide bonds. The van der Waals surface area contributed by atoms with Crippen LogP contribution < -0.4 is 0 Å². The SMILES string of the molecule is O=C(O)CC1CCCCN1C(=O)Cc1cn2ccsc2n1. The van der Waals surface area contributed by atoms with Crippen molar-refractivity contribution in [1.29, 1.82) is 0 Å². The van der Waals surface area contributed by atoms with E-state index in [1.54, 1.807) is 4.90 Å². The van der Waals surface area contributed by atoms with Gasteiger partial charge in [0.15, 0.2) is 4.96 Å². The Morgan fingerprint density at radius 3 is 3.05 bits per heavy atom. The Morgan fingerprint density at radius 1 is 1.43 bits per heavy atom. The van der Waals surface area contributed by atoms with Crippen LogP contribution in [0.25, 0.3) is 4.96 Å². The Labute approximate surface area is 126 Å². The molecule has 3 heterocycles. The van der Waals surface area contributed by atoms with Gasteiger partial charge in [0.2, 0.25) is 5.91 Å². The molecule has 1 aliphatic rings. The molecular formula is C14H17N3O3S. The van der Waals surface area contributed by atoms with Crippen LogP contribution in [0, 0.1) is 0 Å². The van der Waals surface area contributed by atoms with Crippen LogP contribution in [-0.4, -0.2) is 43.9 Å². The Balaban J connectivity index is 1.70. The molecule has 112 valence electrons. The number of hydrogen-bond acceptors (Lipinski definition) is 4. The molecule has 1 saturated heterocycles. The molecule has 1 aliphatic heterocycles. The van der Waals surface area contributed by atoms with E-state index in [1.807, 2.05) is 22.2 Å². The molecule has 2 aromatic rings. The molecule has 0 spiro atoms. The lowest BCUT2D eigenvalue weighted by atomic mass is 9.99. The van der Waals surface area contributed by atoms with E-state index in [2.05, 4.69) is 4.98 Å². The number of piperidine rings is 1. The van der Waals surface area contributed by atoms with Crippen LogP contribution in [0.15, 0.2) is 17.8 Å². The van der Waals surface area contributed by atoms with Crippen LogP contribution in [0.2, 0.25) is 0 Å². The summed E-state index contributed by atoms with van der Waals surface area (Å²) in [7, 11) is 0. The van der Waals surface area contributed by atoms with Crippen LogP contribution in [0.5, 0.6) is 0 Å². The third kappa shape index (κ3) is 3.07. The van der Waals surface area contributed by atoms with E-state index in [0.29, 0.717) is 6.54 Å². The summed E-state index contributed by atoms with van der Waals surface area (Å²) in [6.45, 7) is 0.652. The molecule has 0 aliphatic carbocycles. The van der Waals surface area contributed by atoms with E-state index in [-0.39, 0.29) is 24.8 Å². The van der Waals surface area contributed by atoms with Crippen LogP contribution in [0.1, 0.15) is 31.4 Å². The second-order valence-electron chi connectivity index (χ2n) is 5.34. The maximum absolute atomic E-state index is 12.4. The van der Waals surface area contributed by atoms with E-state index >= 15 is 0 Å². The van der Waals surface area contributed by atoms with Gasteiger partial charge in [-0.05, 0) is 19.3 Å². The highest BCUT2D eigenvalue weighted by Crippen LogP contribution is 2.21. The smallest absolute Gasteiger partial charge is 0.305 e. The van der Waals surface area contributed by atoms with Crippen LogP contribution >= 0.6 is 11.3 Å². The number of likely N-dealkylation sites (tertiary alicyclic amines) is 1. The Morgan fingerprint density at radius 2 is 2.29 bits per heavy atom. The average molecular weight is 307 g/mol. The molecule has 1 fully saturated rings. The minimum absolute atomic E-state index is 0.0216. The van der Waals surface area contributed by atoms with Crippen molar-refractivity contribution in [1.82, 2.24) is 14.3 Å². The third-order valence-corrected chi connectivity index (χ3v) is 4.60. The predicted molar refractivity (Wildman–Crippen MR) is 78.4 cm³/mol. The van der Waals surface area contributed by atoms with Gasteiger partial charge >= 0.3 is 5.97 Å². The van der Waals surface area contributed by atoms with Crippen molar-refractivity contribution in [3.8, 4) is 0 Å². The summed E-state index contributed by atoms with van der Waals surface area (Å²) in [6.07, 6.45) is 6.75. The molecule has 2 aromatic heterocycles. The number of carboxylic acid groups (broad SMARTS) is 1. The lowest BCUT2D eigenvalue weighted by molar-refractivity contribution is -0.141. The summed E-state index contributed by atoms with van der Waals surface area (Å²) in [5.41, 5.74) is 0.742. The van der Waals surface area contributed by atoms with Crippen LogP contribution in [0.3, 0.4) is 0 Å². The minimum atomic E-state index is -0.845. The quantitative estimate of drug-likeness (QED) is 0.934. The van der Waals surface area contributed by atoms with Gasteiger partial charge in [0.25, 0.3) is 0 Å². The number of thiazole rings is 1. The van der Waals surface area contributed by atoms with E-state index in [4.69, 9.17) is 5.11 Å². The molecule has 0 aromatic carbocycles. The van der Waals surface area contributed by atoms with Crippen molar-refractivity contribution in [2.45, 2.75) is 38.1 Å². The monoisotopic (exact) mass is 307 g/mol. The van der Waals surface area contributed by atoms with E-state index < -0.39 is 5.97 Å². The Kier molecular flexibility index (Phi) is 3.92. The number of aliphatic carboxylic acids is 1. The topological polar surface area (TPSA) is 74.9 Å². The summed E-state index contributed by atoms with van der Waals surface area (Å²) in [4.78, 5) is 30.4. The maximum atomic E-state index is 12.4. The van der Waals surface area contributed by atoms with E-state index in [9.17, 15) is 9.59 Å². The average Bonchev–Trinajstić information content (AvgIpc) is 2.99. The highest BCUT2D eigenvalue weighted by atomic mass is 32.1. The lowest BCUT2D eigenvalue weighted by Crippen LogP contribution is -2.45. The van der Waals surface area contributed by atoms with Gasteiger partial charge in [-0.15, -0.1) is 11.3 Å². The number of hydrogen-bond donors (Lipinski definition) is 1. The molecule has 6 nitrogen and oxygen atoms in total. The van der Waals surface area contributed by atoms with Crippen molar-refractivity contribution in [2.75, 3.05) is 6.54 Å². The molecule has 1 unspecified atom stereocenters. The Hall–Kier alpha value is -1.89. The number of carboxylic acids is 1. The second-order valence-corrected chi connectivity index (χ2v) is 6.21. The number of aromatic nitrogens is 2. The van der Waals surface area contributed by atoms with Gasteiger partial charge in [0, 0.05) is 30.4 Å². The molecule has 3 rings (SSSR count). The first kappa shape index (κ1) is 14.1. The number of fused-ring (bicyclic) bond motifs is 1. The first-order valence-corrected chi connectivity index (χ1v) is 7.94. The van der Waals surface area contributed by atoms with Crippen LogP contribution in [-0.2, 0) is 16.0 Å². The fourth-order valence-electron chi connectivity index (χ4n) is 2.86. The zero-order valence-corrected chi connectivity index (χ0v) is 12.4. The fraction of sp³-hybridized carbons (Fsp3) is 0.500. The van der Waals surface area contributed by atoms with Crippen molar-refractivity contribution in [3.05, 3.63) is 23.5 Å². The molecule has 7 heteroatoms. The number of carbonyl (C=O) groups is 2. The molecule has 1 atom stereocenters. The number of rotatable bonds is 4. The van der Waals surface area contributed by atoms with E-state index in [1.165, 1.54) is 11.3 Å². The molecule has 0 radical (unpaired) electrons. The highest BCUT2D eigenvalue weighted by Gasteiger charge is 2.28. The van der Waals surface area contributed by atoms with Gasteiger partial charge in [-0.25, -0.2) is 4.98 Å². The molecular weight excluding hydrogens is 290 g/mol. The predicted octanol–water partition coefficient (Wildman–Crippen LogP) is 1.79. The first-order chi connectivity index (χ1) is 10.1. The van der Waals surface area contributed by atoms with Gasteiger partial charge in [-0.3, -0.25) is 14.0 Å². The number of nitrogens with zero attached hydrogens (tertiary/aromatic N) is 3. The summed E-state index contributed by atoms with van der Waals surface area (Å²) < 4.78 is 1.90. The van der Waals surface area contributed by atoms with Gasteiger partial charge in [-0.2, -0.15) is 0 Å². The van der Waals surface area contributed by atoms with Gasteiger partial charge < -0.3 is 10.0 Å². The van der Waals surface area contributed by atoms with Crippen molar-refractivity contribution < 1.29 is 14.7 Å². The number of carbonyl (C=O) groups excluding carboxylic acids is 1. The standard InChI is InChI=1S/C14H17N3O3S/c18-12(7-10-9-16-5-6-21-14(16)15-10)17-4-2-1-3-11(17)8-13(19)20/h5-6,9,11H,1-4,7-8H2,(H,19,20). The van der Waals surface area contributed by atoms with Crippen LogP contribution in [0.4, 0.5) is 0 Å². The number of amides is 1. The summed E-state index contributed by atoms with van der Waals surface area (Å²) in [6, 6.07) is -0.174. The highest BCUT2D eigenvalue weighted by molar-refractivity contribution is 7.15. The third-order valence-electron chi connectivity index (χ3n) is 3.83. The van der Waals surface area contributed by atoms with Crippen molar-refractivity contribution in [3.63, 3.8) is 0 Å². The van der Waals surface area contributed by atoms with Crippen molar-refractivity contribution >= 4 is 28.2 Å². The largest absolute Gasteiger partial charge is 0.481 e. The maximum Gasteiger partial charge on any atom is 0.305 e. The van der Waals surface area contributed by atoms with Crippen molar-refractivity contribution in [2.24, 2.45) is 0 Å². The summed E-state index contributed by atoms with van der Waals surface area (Å²) >= 11 is 1.53. The minimum Gasteiger partial charge on any atom is -0.481 e. The molecule has 0 bridgehead atoms. The van der Waals surface area contributed by atoms with E-state index in [0.717, 1.165) is 29.9 Å². The zero-order valence-electron chi connectivity index (χ0n) is 11.6. The molecule has 21 heavy (non-hydrogen) atoms. The van der Waals surface area contributed by atoms with Gasteiger partial charge in [-0.1, -0.05) is 0 Å². The first-order valence-electron chi connectivity index (χ1n) is 7.06. The lowest BCUT2D eigenvalue weighted by Gasteiger charge is -2.35. The molecule has 0 saturated carbocycles. The molecule has 1 N–H and O–H groups in total. The summed E-state index contributed by atoms with van der Waals surface area (Å²) in [5.74, 6) is -0.867. The summed E-state index contributed by atoms with van der Waals surface area (Å²) in [5, 5.41) is 10.9.